The molecule has 5 nitrogen and oxygen atoms in total. The first kappa shape index (κ1) is 15.6. The topological polar surface area (TPSA) is 78.4 Å². The average Bonchev–Trinajstić information content (AvgIpc) is 2.91. The maximum atomic E-state index is 11.9. The maximum Gasteiger partial charge on any atom is 0.319 e. The van der Waals surface area contributed by atoms with Gasteiger partial charge in [0.15, 0.2) is 0 Å². The number of anilines is 1. The van der Waals surface area contributed by atoms with E-state index in [1.54, 1.807) is 12.1 Å². The number of benzene rings is 1. The number of urea groups is 1. The lowest BCUT2D eigenvalue weighted by Crippen LogP contribution is -2.42. The Morgan fingerprint density at radius 2 is 2.00 bits per heavy atom. The Labute approximate surface area is 128 Å². The summed E-state index contributed by atoms with van der Waals surface area (Å²) in [5.41, 5.74) is 0.694. The second kappa shape index (κ2) is 6.35. The fourth-order valence-corrected chi connectivity index (χ4v) is 2.84. The standard InChI is InChI=1S/C15H19ClN2O3/c1-10-4-5-11(16)8-12(10)18-14(21)17-9-15(13(19)20)6-2-3-7-15/h4-5,8H,2-3,6-7,9H2,1H3,(H,19,20)(H2,17,18,21). The van der Waals surface area contributed by atoms with Gasteiger partial charge < -0.3 is 15.7 Å². The number of nitrogens with one attached hydrogen (secondary N) is 2. The highest BCUT2D eigenvalue weighted by molar-refractivity contribution is 6.31. The molecular formula is C15H19ClN2O3. The summed E-state index contributed by atoms with van der Waals surface area (Å²) in [4.78, 5) is 23.3. The number of aliphatic carboxylic acids is 1. The summed E-state index contributed by atoms with van der Waals surface area (Å²) in [6.07, 6.45) is 3.00. The molecule has 2 amide bonds. The number of carbonyl (C=O) groups is 2. The highest BCUT2D eigenvalue weighted by Gasteiger charge is 2.41. The number of rotatable bonds is 4. The summed E-state index contributed by atoms with van der Waals surface area (Å²) < 4.78 is 0. The molecule has 0 heterocycles. The Hall–Kier alpha value is -1.75. The van der Waals surface area contributed by atoms with Crippen molar-refractivity contribution in [3.8, 4) is 0 Å². The molecular weight excluding hydrogens is 292 g/mol. The lowest BCUT2D eigenvalue weighted by Gasteiger charge is -2.24. The maximum absolute atomic E-state index is 11.9. The quantitative estimate of drug-likeness (QED) is 0.797. The molecule has 0 unspecified atom stereocenters. The molecule has 3 N–H and O–H groups in total. The zero-order chi connectivity index (χ0) is 15.5. The molecule has 1 aromatic rings. The predicted molar refractivity (Wildman–Crippen MR) is 81.7 cm³/mol. The summed E-state index contributed by atoms with van der Waals surface area (Å²) in [5, 5.41) is 15.3. The number of halogens is 1. The molecule has 0 atom stereocenters. The molecule has 0 saturated heterocycles. The molecule has 1 aliphatic carbocycles. The zero-order valence-electron chi connectivity index (χ0n) is 11.9. The van der Waals surface area contributed by atoms with Gasteiger partial charge in [0.25, 0.3) is 0 Å². The largest absolute Gasteiger partial charge is 0.481 e. The van der Waals surface area contributed by atoms with Gasteiger partial charge in [-0.2, -0.15) is 0 Å². The third-order valence-corrected chi connectivity index (χ3v) is 4.28. The molecule has 1 aromatic carbocycles. The SMILES string of the molecule is Cc1ccc(Cl)cc1NC(=O)NCC1(C(=O)O)CCCC1. The molecule has 0 aliphatic heterocycles. The number of carbonyl (C=O) groups excluding carboxylic acids is 1. The van der Waals surface area contributed by atoms with Crippen molar-refractivity contribution in [2.24, 2.45) is 5.41 Å². The number of aryl methyl sites for hydroxylation is 1. The minimum absolute atomic E-state index is 0.147. The first-order chi connectivity index (χ1) is 9.93. The van der Waals surface area contributed by atoms with Gasteiger partial charge in [-0.05, 0) is 37.5 Å². The fourth-order valence-electron chi connectivity index (χ4n) is 2.66. The van der Waals surface area contributed by atoms with Crippen molar-refractivity contribution >= 4 is 29.3 Å². The normalized spacial score (nSPS) is 16.5. The van der Waals surface area contributed by atoms with Crippen LogP contribution >= 0.6 is 11.6 Å². The predicted octanol–water partition coefficient (Wildman–Crippen LogP) is 3.41. The minimum Gasteiger partial charge on any atom is -0.481 e. The number of hydrogen-bond donors (Lipinski definition) is 3. The van der Waals surface area contributed by atoms with E-state index in [9.17, 15) is 14.7 Å². The van der Waals surface area contributed by atoms with E-state index in [0.717, 1.165) is 18.4 Å². The van der Waals surface area contributed by atoms with Crippen LogP contribution in [0.15, 0.2) is 18.2 Å². The van der Waals surface area contributed by atoms with Gasteiger partial charge in [-0.1, -0.05) is 30.5 Å². The second-order valence-corrected chi connectivity index (χ2v) is 6.00. The average molecular weight is 311 g/mol. The lowest BCUT2D eigenvalue weighted by atomic mass is 9.86. The fraction of sp³-hybridized carbons (Fsp3) is 0.467. The summed E-state index contributed by atoms with van der Waals surface area (Å²) in [7, 11) is 0. The Balaban J connectivity index is 1.96. The minimum atomic E-state index is -0.834. The van der Waals surface area contributed by atoms with Gasteiger partial charge in [0.1, 0.15) is 0 Å². The summed E-state index contributed by atoms with van der Waals surface area (Å²) in [5.74, 6) is -0.834. The highest BCUT2D eigenvalue weighted by Crippen LogP contribution is 2.37. The van der Waals surface area contributed by atoms with E-state index >= 15 is 0 Å². The molecule has 0 spiro atoms. The van der Waals surface area contributed by atoms with E-state index in [0.29, 0.717) is 23.6 Å². The first-order valence-corrected chi connectivity index (χ1v) is 7.35. The van der Waals surface area contributed by atoms with Crippen LogP contribution in [0.2, 0.25) is 5.02 Å². The van der Waals surface area contributed by atoms with Crippen LogP contribution in [-0.2, 0) is 4.79 Å². The van der Waals surface area contributed by atoms with Crippen molar-refractivity contribution in [2.45, 2.75) is 32.6 Å². The molecule has 6 heteroatoms. The van der Waals surface area contributed by atoms with Gasteiger partial charge in [0.2, 0.25) is 0 Å². The van der Waals surface area contributed by atoms with Crippen molar-refractivity contribution < 1.29 is 14.7 Å². The Morgan fingerprint density at radius 1 is 1.33 bits per heavy atom. The van der Waals surface area contributed by atoms with Crippen molar-refractivity contribution in [3.63, 3.8) is 0 Å². The van der Waals surface area contributed by atoms with E-state index in [2.05, 4.69) is 10.6 Å². The summed E-state index contributed by atoms with van der Waals surface area (Å²) in [6.45, 7) is 2.01. The number of amides is 2. The molecule has 2 rings (SSSR count). The van der Waals surface area contributed by atoms with E-state index in [1.807, 2.05) is 13.0 Å². The van der Waals surface area contributed by atoms with Crippen molar-refractivity contribution in [1.29, 1.82) is 0 Å². The van der Waals surface area contributed by atoms with Crippen LogP contribution in [0.4, 0.5) is 10.5 Å². The Bertz CT molecular complexity index is 554. The molecule has 0 radical (unpaired) electrons. The number of carboxylic acid groups (broad SMARTS) is 1. The van der Waals surface area contributed by atoms with Crippen molar-refractivity contribution in [3.05, 3.63) is 28.8 Å². The zero-order valence-corrected chi connectivity index (χ0v) is 12.7. The van der Waals surface area contributed by atoms with Gasteiger partial charge in [0.05, 0.1) is 5.41 Å². The second-order valence-electron chi connectivity index (χ2n) is 5.56. The van der Waals surface area contributed by atoms with Crippen LogP contribution in [-0.4, -0.2) is 23.7 Å². The Morgan fingerprint density at radius 3 is 2.62 bits per heavy atom. The first-order valence-electron chi connectivity index (χ1n) is 6.97. The molecule has 1 saturated carbocycles. The van der Waals surface area contributed by atoms with Crippen LogP contribution in [0.25, 0.3) is 0 Å². The molecule has 0 bridgehead atoms. The highest BCUT2D eigenvalue weighted by atomic mass is 35.5. The van der Waals surface area contributed by atoms with E-state index in [1.165, 1.54) is 0 Å². The molecule has 0 aromatic heterocycles. The van der Waals surface area contributed by atoms with Crippen LogP contribution in [0.1, 0.15) is 31.2 Å². The van der Waals surface area contributed by atoms with Crippen LogP contribution in [0.5, 0.6) is 0 Å². The third-order valence-electron chi connectivity index (χ3n) is 4.05. The monoisotopic (exact) mass is 310 g/mol. The molecule has 114 valence electrons. The molecule has 21 heavy (non-hydrogen) atoms. The van der Waals surface area contributed by atoms with E-state index < -0.39 is 17.4 Å². The summed E-state index contributed by atoms with van der Waals surface area (Å²) >= 11 is 5.90. The van der Waals surface area contributed by atoms with Crippen molar-refractivity contribution in [2.75, 3.05) is 11.9 Å². The number of carboxylic acids is 1. The van der Waals surface area contributed by atoms with E-state index in [4.69, 9.17) is 11.6 Å². The van der Waals surface area contributed by atoms with Gasteiger partial charge >= 0.3 is 12.0 Å². The van der Waals surface area contributed by atoms with Crippen LogP contribution < -0.4 is 10.6 Å². The van der Waals surface area contributed by atoms with Crippen LogP contribution in [0, 0.1) is 12.3 Å². The summed E-state index contributed by atoms with van der Waals surface area (Å²) in [6, 6.07) is 4.82. The van der Waals surface area contributed by atoms with Crippen LogP contribution in [0.3, 0.4) is 0 Å². The van der Waals surface area contributed by atoms with Crippen molar-refractivity contribution in [1.82, 2.24) is 5.32 Å². The van der Waals surface area contributed by atoms with Gasteiger partial charge in [-0.15, -0.1) is 0 Å². The third kappa shape index (κ3) is 3.67. The van der Waals surface area contributed by atoms with Gasteiger partial charge in [-0.25, -0.2) is 4.79 Å². The lowest BCUT2D eigenvalue weighted by molar-refractivity contribution is -0.148. The van der Waals surface area contributed by atoms with E-state index in [-0.39, 0.29) is 6.54 Å². The van der Waals surface area contributed by atoms with Gasteiger partial charge in [-0.3, -0.25) is 4.79 Å². The Kier molecular flexibility index (Phi) is 4.73. The number of hydrogen-bond acceptors (Lipinski definition) is 2. The smallest absolute Gasteiger partial charge is 0.319 e. The molecule has 1 aliphatic rings. The van der Waals surface area contributed by atoms with Gasteiger partial charge in [0, 0.05) is 17.3 Å². The molecule has 1 fully saturated rings.